The number of carbonyl (C=O) groups excluding carboxylic acids is 3. The Morgan fingerprint density at radius 2 is 1.67 bits per heavy atom. The van der Waals surface area contributed by atoms with E-state index in [4.69, 9.17) is 9.57 Å². The second-order valence-electron chi connectivity index (χ2n) is 5.38. The Morgan fingerprint density at radius 3 is 2.21 bits per heavy atom. The number of hydrogen-bond acceptors (Lipinski definition) is 5. The highest BCUT2D eigenvalue weighted by Crippen LogP contribution is 2.23. The van der Waals surface area contributed by atoms with Gasteiger partial charge in [0.25, 0.3) is 11.8 Å². The van der Waals surface area contributed by atoms with Gasteiger partial charge in [-0.15, -0.1) is 0 Å². The maximum atomic E-state index is 12.2. The number of carbonyl (C=O) groups is 3. The molecule has 1 heterocycles. The molecule has 1 aliphatic heterocycles. The zero-order valence-corrected chi connectivity index (χ0v) is 13.2. The van der Waals surface area contributed by atoms with Gasteiger partial charge in [-0.05, 0) is 42.3 Å². The molecule has 0 radical (unpaired) electrons. The van der Waals surface area contributed by atoms with Crippen LogP contribution in [-0.2, 0) is 16.1 Å². The smallest absolute Gasteiger partial charge is 0.337 e. The van der Waals surface area contributed by atoms with E-state index < -0.39 is 17.8 Å². The maximum Gasteiger partial charge on any atom is 0.337 e. The molecule has 0 spiro atoms. The van der Waals surface area contributed by atoms with Crippen LogP contribution < -0.4 is 4.74 Å². The molecular weight excluding hydrogens is 310 g/mol. The van der Waals surface area contributed by atoms with Crippen molar-refractivity contribution in [1.29, 1.82) is 0 Å². The quantitative estimate of drug-likeness (QED) is 0.807. The Morgan fingerprint density at radius 1 is 1.04 bits per heavy atom. The molecule has 2 amide bonds. The first-order valence-corrected chi connectivity index (χ1v) is 7.33. The summed E-state index contributed by atoms with van der Waals surface area (Å²) in [6.45, 7) is 1.84. The number of ether oxygens (including phenoxy) is 1. The molecule has 1 aliphatic rings. The fraction of sp³-hybridized carbons (Fsp3) is 0.167. The van der Waals surface area contributed by atoms with E-state index in [0.29, 0.717) is 10.8 Å². The van der Waals surface area contributed by atoms with Crippen molar-refractivity contribution >= 4 is 17.8 Å². The van der Waals surface area contributed by atoms with Crippen molar-refractivity contribution in [1.82, 2.24) is 5.06 Å². The fourth-order valence-corrected chi connectivity index (χ4v) is 2.53. The second kappa shape index (κ2) is 6.16. The number of fused-ring (bicyclic) bond motifs is 1. The van der Waals surface area contributed by atoms with Crippen LogP contribution in [0.2, 0.25) is 0 Å². The molecule has 0 saturated carbocycles. The summed E-state index contributed by atoms with van der Waals surface area (Å²) >= 11 is 0. The monoisotopic (exact) mass is 325 g/mol. The number of benzene rings is 2. The highest BCUT2D eigenvalue weighted by Gasteiger charge is 2.38. The largest absolute Gasteiger partial charge is 0.497 e. The summed E-state index contributed by atoms with van der Waals surface area (Å²) < 4.78 is 5.11. The molecule has 0 atom stereocenters. The van der Waals surface area contributed by atoms with E-state index in [1.165, 1.54) is 12.1 Å². The fourth-order valence-electron chi connectivity index (χ4n) is 2.53. The average Bonchev–Trinajstić information content (AvgIpc) is 2.82. The number of hydrogen-bond donors (Lipinski definition) is 0. The molecular formula is C18H15NO5. The van der Waals surface area contributed by atoms with Crippen molar-refractivity contribution in [3.8, 4) is 5.75 Å². The van der Waals surface area contributed by atoms with E-state index in [9.17, 15) is 14.4 Å². The van der Waals surface area contributed by atoms with Crippen LogP contribution in [0.5, 0.6) is 5.75 Å². The first kappa shape index (κ1) is 15.7. The van der Waals surface area contributed by atoms with Gasteiger partial charge in [0.1, 0.15) is 5.75 Å². The van der Waals surface area contributed by atoms with Crippen LogP contribution in [0.25, 0.3) is 0 Å². The molecule has 6 nitrogen and oxygen atoms in total. The molecule has 0 unspecified atom stereocenters. The summed E-state index contributed by atoms with van der Waals surface area (Å²) in [5.74, 6) is -1.26. The third-order valence-electron chi connectivity index (χ3n) is 3.83. The van der Waals surface area contributed by atoms with Gasteiger partial charge in [0.15, 0.2) is 0 Å². The summed E-state index contributed by atoms with van der Waals surface area (Å²) in [6, 6.07) is 11.6. The summed E-state index contributed by atoms with van der Waals surface area (Å²) in [5.41, 5.74) is 2.05. The summed E-state index contributed by atoms with van der Waals surface area (Å²) in [4.78, 5) is 41.4. The molecule has 3 rings (SSSR count). The number of aryl methyl sites for hydroxylation is 1. The van der Waals surface area contributed by atoms with Gasteiger partial charge in [-0.3, -0.25) is 9.59 Å². The van der Waals surface area contributed by atoms with E-state index in [2.05, 4.69) is 0 Å². The van der Waals surface area contributed by atoms with E-state index in [0.717, 1.165) is 11.1 Å². The predicted octanol–water partition coefficient (Wildman–Crippen LogP) is 2.30. The minimum Gasteiger partial charge on any atom is -0.497 e. The second-order valence-corrected chi connectivity index (χ2v) is 5.38. The Kier molecular flexibility index (Phi) is 4.04. The number of methoxy groups -OCH3 is 1. The van der Waals surface area contributed by atoms with E-state index in [-0.39, 0.29) is 17.5 Å². The van der Waals surface area contributed by atoms with Crippen molar-refractivity contribution in [2.45, 2.75) is 13.3 Å². The van der Waals surface area contributed by atoms with Gasteiger partial charge in [-0.2, -0.15) is 0 Å². The molecule has 0 fully saturated rings. The topological polar surface area (TPSA) is 72.9 Å². The lowest BCUT2D eigenvalue weighted by Crippen LogP contribution is -2.33. The summed E-state index contributed by atoms with van der Waals surface area (Å²) in [5, 5.41) is 0.520. The predicted molar refractivity (Wildman–Crippen MR) is 84.5 cm³/mol. The molecule has 0 saturated heterocycles. The van der Waals surface area contributed by atoms with E-state index in [1.807, 2.05) is 6.92 Å². The number of amides is 2. The zero-order chi connectivity index (χ0) is 17.3. The van der Waals surface area contributed by atoms with Crippen LogP contribution >= 0.6 is 0 Å². The molecule has 24 heavy (non-hydrogen) atoms. The van der Waals surface area contributed by atoms with Crippen molar-refractivity contribution in [2.24, 2.45) is 0 Å². The van der Waals surface area contributed by atoms with Gasteiger partial charge in [-0.1, -0.05) is 23.3 Å². The lowest BCUT2D eigenvalue weighted by Gasteiger charge is -2.13. The number of hydroxylamine groups is 2. The highest BCUT2D eigenvalue weighted by molar-refractivity contribution is 6.20. The number of nitrogens with zero attached hydrogens (tertiary/aromatic N) is 1. The summed E-state index contributed by atoms with van der Waals surface area (Å²) in [7, 11) is 1.56. The zero-order valence-electron chi connectivity index (χ0n) is 13.2. The van der Waals surface area contributed by atoms with Crippen LogP contribution in [0.1, 0.15) is 31.8 Å². The lowest BCUT2D eigenvalue weighted by molar-refractivity contribution is -0.167. The van der Waals surface area contributed by atoms with Gasteiger partial charge in [0.2, 0.25) is 0 Å². The SMILES string of the molecule is COc1ccc(CC(=O)ON2C(=O)c3ccccc3C2=O)c(C)c1. The first-order valence-electron chi connectivity index (χ1n) is 7.33. The standard InChI is InChI=1S/C18H15NO5/c1-11-9-13(23-2)8-7-12(11)10-16(20)24-19-17(21)14-5-3-4-6-15(14)18(19)22/h3-9H,10H2,1-2H3. The highest BCUT2D eigenvalue weighted by atomic mass is 16.7. The molecule has 0 aliphatic carbocycles. The molecule has 2 aromatic rings. The molecule has 0 aromatic heterocycles. The molecule has 0 N–H and O–H groups in total. The van der Waals surface area contributed by atoms with Crippen molar-refractivity contribution in [3.05, 3.63) is 64.7 Å². The van der Waals surface area contributed by atoms with Crippen LogP contribution in [0.15, 0.2) is 42.5 Å². The Balaban J connectivity index is 1.72. The van der Waals surface area contributed by atoms with Gasteiger partial charge < -0.3 is 9.57 Å². The average molecular weight is 325 g/mol. The Labute approximate surface area is 138 Å². The van der Waals surface area contributed by atoms with Crippen LogP contribution in [0, 0.1) is 6.92 Å². The first-order chi connectivity index (χ1) is 11.5. The van der Waals surface area contributed by atoms with E-state index >= 15 is 0 Å². The third kappa shape index (κ3) is 2.74. The maximum absolute atomic E-state index is 12.2. The Hall–Kier alpha value is -3.15. The molecule has 6 heteroatoms. The van der Waals surface area contributed by atoms with Gasteiger partial charge in [-0.25, -0.2) is 4.79 Å². The Bertz CT molecular complexity index is 808. The molecule has 0 bridgehead atoms. The third-order valence-corrected chi connectivity index (χ3v) is 3.83. The van der Waals surface area contributed by atoms with Crippen molar-refractivity contribution in [2.75, 3.05) is 7.11 Å². The minimum absolute atomic E-state index is 0.0523. The number of rotatable bonds is 4. The van der Waals surface area contributed by atoms with Gasteiger partial charge >= 0.3 is 5.97 Å². The van der Waals surface area contributed by atoms with Crippen LogP contribution in [0.3, 0.4) is 0 Å². The normalized spacial score (nSPS) is 13.0. The van der Waals surface area contributed by atoms with Crippen LogP contribution in [-0.4, -0.2) is 30.0 Å². The summed E-state index contributed by atoms with van der Waals surface area (Å²) in [6.07, 6.45) is -0.0523. The minimum atomic E-state index is -0.683. The van der Waals surface area contributed by atoms with Gasteiger partial charge in [0, 0.05) is 0 Å². The molecule has 2 aromatic carbocycles. The molecule has 122 valence electrons. The van der Waals surface area contributed by atoms with Crippen molar-refractivity contribution < 1.29 is 24.0 Å². The van der Waals surface area contributed by atoms with Crippen molar-refractivity contribution in [3.63, 3.8) is 0 Å². The number of imide groups is 1. The van der Waals surface area contributed by atoms with E-state index in [1.54, 1.807) is 37.4 Å². The van der Waals surface area contributed by atoms with Crippen LogP contribution in [0.4, 0.5) is 0 Å². The lowest BCUT2D eigenvalue weighted by atomic mass is 10.1. The van der Waals surface area contributed by atoms with Gasteiger partial charge in [0.05, 0.1) is 24.7 Å².